The molecule has 5 rings (SSSR count). The molecule has 4 heterocycles. The van der Waals surface area contributed by atoms with Crippen LogP contribution in [0.1, 0.15) is 29.6 Å². The van der Waals surface area contributed by atoms with Gasteiger partial charge in [-0.3, -0.25) is 0 Å². The van der Waals surface area contributed by atoms with Gasteiger partial charge in [-0.15, -0.1) is 0 Å². The monoisotopic (exact) mass is 391 g/mol. The van der Waals surface area contributed by atoms with E-state index < -0.39 is 0 Å². The van der Waals surface area contributed by atoms with Crippen LogP contribution < -0.4 is 0 Å². The number of aromatic amines is 1. The molecule has 1 aromatic heterocycles. The maximum atomic E-state index is 13.5. The minimum atomic E-state index is -0.368. The van der Waals surface area contributed by atoms with Gasteiger partial charge in [0.05, 0.1) is 37.3 Å². The molecule has 1 aromatic carbocycles. The highest BCUT2D eigenvalue weighted by Gasteiger charge is 2.47. The van der Waals surface area contributed by atoms with Gasteiger partial charge in [0.2, 0.25) is 0 Å². The van der Waals surface area contributed by atoms with E-state index >= 15 is 0 Å². The fourth-order valence-electron chi connectivity index (χ4n) is 3.95. The number of benzene rings is 1. The molecule has 0 aliphatic carbocycles. The van der Waals surface area contributed by atoms with Crippen LogP contribution in [-0.2, 0) is 4.74 Å². The second kappa shape index (κ2) is 5.59. The fourth-order valence-corrected chi connectivity index (χ4v) is 4.59. The Kier molecular flexibility index (Phi) is 3.76. The maximum absolute atomic E-state index is 13.5. The van der Waals surface area contributed by atoms with Crippen molar-refractivity contribution < 1.29 is 18.3 Å². The van der Waals surface area contributed by atoms with Crippen molar-refractivity contribution in [3.8, 4) is 0 Å². The predicted molar refractivity (Wildman–Crippen MR) is 93.1 cm³/mol. The number of H-pyrrole nitrogens is 1. The van der Waals surface area contributed by atoms with E-state index in [1.54, 1.807) is 6.20 Å². The van der Waals surface area contributed by atoms with Crippen molar-refractivity contribution in [2.24, 2.45) is 5.41 Å². The molecule has 0 atom stereocenters. The lowest BCUT2D eigenvalue weighted by molar-refractivity contribution is -0.839. The third-order valence-electron chi connectivity index (χ3n) is 5.69. The molecule has 3 aliphatic heterocycles. The van der Waals surface area contributed by atoms with Crippen LogP contribution in [0, 0.1) is 11.2 Å². The zero-order chi connectivity index (χ0) is 16.9. The molecule has 0 unspecified atom stereocenters. The van der Waals surface area contributed by atoms with E-state index in [9.17, 15) is 9.18 Å². The van der Waals surface area contributed by atoms with Gasteiger partial charge in [-0.1, -0.05) is 0 Å². The molecule has 3 fully saturated rings. The Morgan fingerprint density at radius 1 is 1.33 bits per heavy atom. The molecular weight excluding hydrogens is 374 g/mol. The van der Waals surface area contributed by atoms with Crippen molar-refractivity contribution in [2.45, 2.75) is 19.3 Å². The maximum Gasteiger partial charge on any atom is 0.481 e. The molecule has 24 heavy (non-hydrogen) atoms. The summed E-state index contributed by atoms with van der Waals surface area (Å²) >= 11 is 3.33. The molecule has 3 saturated heterocycles. The molecule has 124 valence electrons. The Balaban J connectivity index is 1.51. The molecule has 0 spiro atoms. The van der Waals surface area contributed by atoms with Crippen molar-refractivity contribution in [3.05, 3.63) is 34.2 Å². The van der Waals surface area contributed by atoms with E-state index in [1.807, 2.05) is 0 Å². The highest BCUT2D eigenvalue weighted by Crippen LogP contribution is 2.43. The Morgan fingerprint density at radius 3 is 2.67 bits per heavy atom. The Bertz CT molecular complexity index is 798. The van der Waals surface area contributed by atoms with Crippen molar-refractivity contribution in [3.63, 3.8) is 0 Å². The standard InChI is InChI=1S/C17H18BBrFN2O2/c18-22-4-1-17(2-5-22,3-6-22)10-24-16(23)12-9-21-14-8-11(20)7-13(19)15(12)14/h7-9,21H,1-6,10H2/q+1. The fraction of sp³-hybridized carbons (Fsp3) is 0.471. The van der Waals surface area contributed by atoms with E-state index in [1.165, 1.54) is 12.1 Å². The highest BCUT2D eigenvalue weighted by atomic mass is 79.9. The zero-order valence-electron chi connectivity index (χ0n) is 13.3. The molecule has 0 amide bonds. The van der Waals surface area contributed by atoms with Gasteiger partial charge in [-0.2, -0.15) is 0 Å². The minimum Gasteiger partial charge on any atom is -0.461 e. The van der Waals surface area contributed by atoms with E-state index in [4.69, 9.17) is 12.7 Å². The lowest BCUT2D eigenvalue weighted by atomic mass is 9.70. The summed E-state index contributed by atoms with van der Waals surface area (Å²) in [5, 5.41) is 0.656. The van der Waals surface area contributed by atoms with Crippen molar-refractivity contribution in [1.82, 2.24) is 4.98 Å². The van der Waals surface area contributed by atoms with Gasteiger partial charge in [0, 0.05) is 40.7 Å². The van der Waals surface area contributed by atoms with Crippen molar-refractivity contribution in [1.29, 1.82) is 0 Å². The zero-order valence-corrected chi connectivity index (χ0v) is 14.9. The second-order valence-electron chi connectivity index (χ2n) is 7.23. The molecule has 2 radical (unpaired) electrons. The Morgan fingerprint density at radius 2 is 2.00 bits per heavy atom. The number of rotatable bonds is 3. The summed E-state index contributed by atoms with van der Waals surface area (Å²) in [6, 6.07) is 2.73. The first kappa shape index (κ1) is 16.2. The number of nitrogens with one attached hydrogen (secondary N) is 1. The van der Waals surface area contributed by atoms with Crippen molar-refractivity contribution in [2.75, 3.05) is 26.2 Å². The molecule has 2 bridgehead atoms. The average molecular weight is 392 g/mol. The molecule has 2 aromatic rings. The first-order valence-corrected chi connectivity index (χ1v) is 8.97. The number of hydrogen-bond acceptors (Lipinski definition) is 2. The van der Waals surface area contributed by atoms with E-state index in [0.717, 1.165) is 38.9 Å². The number of quaternary nitrogens is 1. The molecule has 7 heteroatoms. The summed E-state index contributed by atoms with van der Waals surface area (Å²) in [6.07, 6.45) is 4.58. The van der Waals surface area contributed by atoms with Gasteiger partial charge in [0.15, 0.2) is 0 Å². The second-order valence-corrected chi connectivity index (χ2v) is 8.08. The lowest BCUT2D eigenvalue weighted by Crippen LogP contribution is -2.61. The number of hydrogen-bond donors (Lipinski definition) is 1. The van der Waals surface area contributed by atoms with Gasteiger partial charge >= 0.3 is 14.0 Å². The number of fused-ring (bicyclic) bond motifs is 4. The molecule has 3 aliphatic rings. The Hall–Kier alpha value is -1.34. The topological polar surface area (TPSA) is 42.1 Å². The summed E-state index contributed by atoms with van der Waals surface area (Å²) in [5.74, 6) is -0.726. The van der Waals surface area contributed by atoms with Gasteiger partial charge in [-0.05, 0) is 28.1 Å². The minimum absolute atomic E-state index is 0.0739. The number of halogens is 2. The smallest absolute Gasteiger partial charge is 0.461 e. The van der Waals surface area contributed by atoms with E-state index in [0.29, 0.717) is 31.9 Å². The predicted octanol–water partition coefficient (Wildman–Crippen LogP) is 3.31. The van der Waals surface area contributed by atoms with Gasteiger partial charge < -0.3 is 14.1 Å². The summed E-state index contributed by atoms with van der Waals surface area (Å²) < 4.78 is 20.3. The van der Waals surface area contributed by atoms with Gasteiger partial charge in [-0.25, -0.2) is 9.18 Å². The van der Waals surface area contributed by atoms with Crippen LogP contribution in [0.2, 0.25) is 0 Å². The number of esters is 1. The van der Waals surface area contributed by atoms with Gasteiger partial charge in [0.1, 0.15) is 5.82 Å². The van der Waals surface area contributed by atoms with Crippen LogP contribution in [0.3, 0.4) is 0 Å². The summed E-state index contributed by atoms with van der Waals surface area (Å²) in [6.45, 7) is 3.29. The molecule has 4 nitrogen and oxygen atoms in total. The van der Waals surface area contributed by atoms with Crippen molar-refractivity contribution >= 4 is 40.8 Å². The van der Waals surface area contributed by atoms with Crippen LogP contribution in [0.4, 0.5) is 4.39 Å². The number of aromatic nitrogens is 1. The third-order valence-corrected chi connectivity index (χ3v) is 6.31. The number of piperidine rings is 3. The largest absolute Gasteiger partial charge is 0.481 e. The quantitative estimate of drug-likeness (QED) is 0.644. The van der Waals surface area contributed by atoms with Crippen LogP contribution in [0.15, 0.2) is 22.8 Å². The number of nitrogens with zero attached hydrogens (tertiary/aromatic N) is 1. The third kappa shape index (κ3) is 2.67. The SMILES string of the molecule is [B][N+]12CCC(COC(=O)c3c[nH]c4cc(F)cc(Br)c34)(CC1)CC2. The Labute approximate surface area is 149 Å². The number of ether oxygens (including phenoxy) is 1. The number of carbonyl (C=O) groups excluding carboxylic acids is 1. The van der Waals surface area contributed by atoms with Gasteiger partial charge in [0.25, 0.3) is 0 Å². The van der Waals surface area contributed by atoms with Crippen LogP contribution in [0.5, 0.6) is 0 Å². The van der Waals surface area contributed by atoms with E-state index in [2.05, 4.69) is 20.9 Å². The normalized spacial score (nSPS) is 29.1. The number of carbonyl (C=O) groups is 1. The molecule has 0 saturated carbocycles. The molecular formula is C17H18BBrFN2O2+. The summed E-state index contributed by atoms with van der Waals surface area (Å²) in [5.41, 5.74) is 1.08. The van der Waals surface area contributed by atoms with Crippen LogP contribution >= 0.6 is 15.9 Å². The first-order chi connectivity index (χ1) is 11.4. The summed E-state index contributed by atoms with van der Waals surface area (Å²) in [4.78, 5) is 15.5. The van der Waals surface area contributed by atoms with E-state index in [-0.39, 0.29) is 17.2 Å². The lowest BCUT2D eigenvalue weighted by Gasteiger charge is -2.53. The average Bonchev–Trinajstić information content (AvgIpc) is 2.98. The highest BCUT2D eigenvalue weighted by molar-refractivity contribution is 9.10. The van der Waals surface area contributed by atoms with Crippen LogP contribution in [0.25, 0.3) is 10.9 Å². The first-order valence-electron chi connectivity index (χ1n) is 8.18. The molecule has 1 N–H and O–H groups in total. The van der Waals surface area contributed by atoms with Crippen LogP contribution in [-0.4, -0.2) is 49.6 Å². The summed E-state index contributed by atoms with van der Waals surface area (Å²) in [7, 11) is 6.27.